The second-order valence-corrected chi connectivity index (χ2v) is 5.77. The fraction of sp³-hybridized carbons (Fsp3) is 0.471. The first kappa shape index (κ1) is 14.9. The van der Waals surface area contributed by atoms with Crippen LogP contribution in [0.4, 0.5) is 5.69 Å². The molecule has 1 aliphatic heterocycles. The van der Waals surface area contributed by atoms with Gasteiger partial charge in [0, 0.05) is 50.0 Å². The molecule has 5 nitrogen and oxygen atoms in total. The van der Waals surface area contributed by atoms with E-state index in [1.54, 1.807) is 7.11 Å². The Bertz CT molecular complexity index is 611. The van der Waals surface area contributed by atoms with E-state index < -0.39 is 0 Å². The van der Waals surface area contributed by atoms with Gasteiger partial charge in [-0.2, -0.15) is 0 Å². The molecule has 0 bridgehead atoms. The van der Waals surface area contributed by atoms with Crippen LogP contribution in [0.5, 0.6) is 5.75 Å². The maximum Gasteiger partial charge on any atom is 0.138 e. The second kappa shape index (κ2) is 6.40. The molecule has 0 N–H and O–H groups in total. The maximum atomic E-state index is 5.31. The summed E-state index contributed by atoms with van der Waals surface area (Å²) in [5.74, 6) is 1.85. The van der Waals surface area contributed by atoms with E-state index in [0.717, 1.165) is 49.9 Å². The van der Waals surface area contributed by atoms with Crippen molar-refractivity contribution in [1.82, 2.24) is 10.1 Å². The van der Waals surface area contributed by atoms with Crippen LogP contribution in [0.1, 0.15) is 17.0 Å². The third-order valence-corrected chi connectivity index (χ3v) is 4.35. The minimum Gasteiger partial charge on any atom is -0.497 e. The number of aromatic nitrogens is 1. The molecule has 1 fully saturated rings. The topological polar surface area (TPSA) is 41.7 Å². The van der Waals surface area contributed by atoms with Gasteiger partial charge in [0.2, 0.25) is 0 Å². The molecule has 0 radical (unpaired) electrons. The van der Waals surface area contributed by atoms with Gasteiger partial charge in [-0.15, -0.1) is 0 Å². The molecule has 1 aromatic heterocycles. The summed E-state index contributed by atoms with van der Waals surface area (Å²) in [6.45, 7) is 9.06. The molecule has 1 saturated heterocycles. The van der Waals surface area contributed by atoms with Crippen LogP contribution in [0.2, 0.25) is 0 Å². The molecule has 118 valence electrons. The van der Waals surface area contributed by atoms with Crippen LogP contribution in [0.3, 0.4) is 0 Å². The Hall–Kier alpha value is -2.01. The van der Waals surface area contributed by atoms with Crippen molar-refractivity contribution in [2.45, 2.75) is 20.4 Å². The monoisotopic (exact) mass is 301 g/mol. The van der Waals surface area contributed by atoms with Crippen LogP contribution in [0.15, 0.2) is 28.8 Å². The predicted molar refractivity (Wildman–Crippen MR) is 86.5 cm³/mol. The number of nitrogens with zero attached hydrogens (tertiary/aromatic N) is 3. The summed E-state index contributed by atoms with van der Waals surface area (Å²) in [6.07, 6.45) is 0. The van der Waals surface area contributed by atoms with Gasteiger partial charge >= 0.3 is 0 Å². The van der Waals surface area contributed by atoms with Gasteiger partial charge < -0.3 is 14.2 Å². The van der Waals surface area contributed by atoms with Gasteiger partial charge in [0.25, 0.3) is 0 Å². The number of hydrogen-bond acceptors (Lipinski definition) is 5. The van der Waals surface area contributed by atoms with Crippen LogP contribution in [-0.2, 0) is 6.54 Å². The van der Waals surface area contributed by atoms with E-state index >= 15 is 0 Å². The maximum absolute atomic E-state index is 5.31. The third-order valence-electron chi connectivity index (χ3n) is 4.35. The molecule has 2 aromatic rings. The number of aryl methyl sites for hydroxylation is 2. The number of methoxy groups -OCH3 is 1. The molecule has 1 aromatic carbocycles. The van der Waals surface area contributed by atoms with Crippen molar-refractivity contribution in [2.24, 2.45) is 0 Å². The van der Waals surface area contributed by atoms with Crippen molar-refractivity contribution in [2.75, 3.05) is 38.2 Å². The molecule has 0 unspecified atom stereocenters. The summed E-state index contributed by atoms with van der Waals surface area (Å²) >= 11 is 0. The van der Waals surface area contributed by atoms with Gasteiger partial charge in [0.1, 0.15) is 11.5 Å². The smallest absolute Gasteiger partial charge is 0.138 e. The third kappa shape index (κ3) is 3.09. The average molecular weight is 301 g/mol. The number of ether oxygens (including phenoxy) is 1. The summed E-state index contributed by atoms with van der Waals surface area (Å²) in [5.41, 5.74) is 3.47. The zero-order valence-electron chi connectivity index (χ0n) is 13.5. The summed E-state index contributed by atoms with van der Waals surface area (Å²) in [6, 6.07) is 8.28. The van der Waals surface area contributed by atoms with Gasteiger partial charge in [0.05, 0.1) is 12.8 Å². The zero-order valence-corrected chi connectivity index (χ0v) is 13.5. The summed E-state index contributed by atoms with van der Waals surface area (Å²) in [5, 5.41) is 4.04. The van der Waals surface area contributed by atoms with E-state index in [0.29, 0.717) is 0 Å². The van der Waals surface area contributed by atoms with Crippen LogP contribution in [0, 0.1) is 13.8 Å². The van der Waals surface area contributed by atoms with Gasteiger partial charge in [-0.05, 0) is 26.0 Å². The first-order valence-corrected chi connectivity index (χ1v) is 7.70. The highest BCUT2D eigenvalue weighted by atomic mass is 16.5. The molecule has 0 saturated carbocycles. The van der Waals surface area contributed by atoms with Crippen molar-refractivity contribution < 1.29 is 9.26 Å². The van der Waals surface area contributed by atoms with Gasteiger partial charge in [-0.25, -0.2) is 0 Å². The van der Waals surface area contributed by atoms with Crippen molar-refractivity contribution in [3.05, 3.63) is 41.3 Å². The highest BCUT2D eigenvalue weighted by Gasteiger charge is 2.20. The summed E-state index contributed by atoms with van der Waals surface area (Å²) in [4.78, 5) is 4.87. The zero-order chi connectivity index (χ0) is 15.5. The van der Waals surface area contributed by atoms with Crippen molar-refractivity contribution in [3.63, 3.8) is 0 Å². The van der Waals surface area contributed by atoms with Crippen molar-refractivity contribution >= 4 is 5.69 Å². The number of benzene rings is 1. The van der Waals surface area contributed by atoms with Crippen molar-refractivity contribution in [3.8, 4) is 5.75 Å². The van der Waals surface area contributed by atoms with E-state index in [1.807, 2.05) is 26.0 Å². The van der Waals surface area contributed by atoms with Crippen LogP contribution in [0.25, 0.3) is 0 Å². The number of piperazine rings is 1. The van der Waals surface area contributed by atoms with E-state index in [2.05, 4.69) is 27.1 Å². The summed E-state index contributed by atoms with van der Waals surface area (Å²) in [7, 11) is 1.71. The molecule has 1 aliphatic rings. The Morgan fingerprint density at radius 1 is 1.18 bits per heavy atom. The Labute approximate surface area is 131 Å². The highest BCUT2D eigenvalue weighted by molar-refractivity contribution is 5.51. The average Bonchev–Trinajstić information content (AvgIpc) is 2.87. The second-order valence-electron chi connectivity index (χ2n) is 5.77. The molecule has 0 atom stereocenters. The van der Waals surface area contributed by atoms with Crippen molar-refractivity contribution in [1.29, 1.82) is 0 Å². The van der Waals surface area contributed by atoms with Crippen LogP contribution < -0.4 is 9.64 Å². The van der Waals surface area contributed by atoms with Gasteiger partial charge in [-0.1, -0.05) is 11.2 Å². The summed E-state index contributed by atoms with van der Waals surface area (Å²) < 4.78 is 10.6. The van der Waals surface area contributed by atoms with Crippen LogP contribution in [-0.4, -0.2) is 43.3 Å². The Morgan fingerprint density at radius 3 is 2.59 bits per heavy atom. The minimum absolute atomic E-state index is 0.913. The predicted octanol–water partition coefficient (Wildman–Crippen LogP) is 2.62. The molecule has 3 rings (SSSR count). The lowest BCUT2D eigenvalue weighted by atomic mass is 10.1. The molecular weight excluding hydrogens is 278 g/mol. The molecule has 0 amide bonds. The standard InChI is InChI=1S/C17H23N3O2/c1-13-17(14(2)22-18-13)12-19-7-9-20(10-8-19)15-5-4-6-16(11-15)21-3/h4-6,11H,7-10,12H2,1-3H3. The molecule has 0 aliphatic carbocycles. The first-order chi connectivity index (χ1) is 10.7. The van der Waals surface area contributed by atoms with E-state index in [1.165, 1.54) is 11.3 Å². The lowest BCUT2D eigenvalue weighted by molar-refractivity contribution is 0.248. The fourth-order valence-electron chi connectivity index (χ4n) is 2.92. The number of rotatable bonds is 4. The molecule has 22 heavy (non-hydrogen) atoms. The highest BCUT2D eigenvalue weighted by Crippen LogP contribution is 2.23. The minimum atomic E-state index is 0.913. The van der Waals surface area contributed by atoms with E-state index in [-0.39, 0.29) is 0 Å². The molecule has 5 heteroatoms. The first-order valence-electron chi connectivity index (χ1n) is 7.70. The molecule has 0 spiro atoms. The lowest BCUT2D eigenvalue weighted by Gasteiger charge is -2.36. The Kier molecular flexibility index (Phi) is 4.34. The molecule has 2 heterocycles. The number of anilines is 1. The Morgan fingerprint density at radius 2 is 1.95 bits per heavy atom. The lowest BCUT2D eigenvalue weighted by Crippen LogP contribution is -2.46. The normalized spacial score (nSPS) is 16.0. The van der Waals surface area contributed by atoms with Gasteiger partial charge in [0.15, 0.2) is 0 Å². The van der Waals surface area contributed by atoms with E-state index in [4.69, 9.17) is 9.26 Å². The quantitative estimate of drug-likeness (QED) is 0.868. The van der Waals surface area contributed by atoms with E-state index in [9.17, 15) is 0 Å². The van der Waals surface area contributed by atoms with Gasteiger partial charge in [-0.3, -0.25) is 4.90 Å². The van der Waals surface area contributed by atoms with Crippen LogP contribution >= 0.6 is 0 Å². The largest absolute Gasteiger partial charge is 0.497 e. The number of hydrogen-bond donors (Lipinski definition) is 0. The SMILES string of the molecule is COc1cccc(N2CCN(Cc3c(C)noc3C)CC2)c1. The fourth-order valence-corrected chi connectivity index (χ4v) is 2.92. The molecular formula is C17H23N3O2. The Balaban J connectivity index is 1.60.